The fourth-order valence-electron chi connectivity index (χ4n) is 1.75. The highest BCUT2D eigenvalue weighted by Gasteiger charge is 2.10. The van der Waals surface area contributed by atoms with Crippen LogP contribution in [0.4, 0.5) is 10.1 Å². The molecule has 0 spiro atoms. The molecule has 0 aliphatic rings. The second-order valence-corrected chi connectivity index (χ2v) is 4.34. The molecule has 0 aliphatic carbocycles. The Labute approximate surface area is 117 Å². The lowest BCUT2D eigenvalue weighted by molar-refractivity contribution is -0.118. The van der Waals surface area contributed by atoms with Crippen molar-refractivity contribution in [3.8, 4) is 5.75 Å². The molecule has 0 aliphatic heterocycles. The summed E-state index contributed by atoms with van der Waals surface area (Å²) in [6.07, 6.45) is 0.267. The molecule has 3 nitrogen and oxygen atoms in total. The first kappa shape index (κ1) is 14.1. The first-order valence-electron chi connectivity index (χ1n) is 6.37. The minimum atomic E-state index is -0.308. The van der Waals surface area contributed by atoms with E-state index >= 15 is 0 Å². The number of halogens is 1. The average molecular weight is 273 g/mol. The molecule has 20 heavy (non-hydrogen) atoms. The number of nitrogens with zero attached hydrogens (tertiary/aromatic N) is 1. The Balaban J connectivity index is 1.82. The van der Waals surface area contributed by atoms with Crippen LogP contribution < -0.4 is 9.64 Å². The topological polar surface area (TPSA) is 29.5 Å². The zero-order chi connectivity index (χ0) is 14.4. The van der Waals surface area contributed by atoms with E-state index in [0.717, 1.165) is 5.69 Å². The van der Waals surface area contributed by atoms with Crippen LogP contribution >= 0.6 is 0 Å². The van der Waals surface area contributed by atoms with Crippen LogP contribution in [0.25, 0.3) is 0 Å². The molecule has 0 heterocycles. The SMILES string of the molecule is CN(C(=O)CCOc1ccc(F)cc1)c1ccccc1. The van der Waals surface area contributed by atoms with Gasteiger partial charge in [-0.1, -0.05) is 18.2 Å². The summed E-state index contributed by atoms with van der Waals surface area (Å²) in [5.74, 6) is 0.220. The third-order valence-corrected chi connectivity index (χ3v) is 2.92. The van der Waals surface area contributed by atoms with Crippen molar-refractivity contribution in [3.05, 3.63) is 60.4 Å². The third-order valence-electron chi connectivity index (χ3n) is 2.92. The molecule has 2 aromatic carbocycles. The molecule has 0 bridgehead atoms. The van der Waals surface area contributed by atoms with E-state index in [1.54, 1.807) is 24.1 Å². The lowest BCUT2D eigenvalue weighted by Crippen LogP contribution is -2.27. The van der Waals surface area contributed by atoms with Gasteiger partial charge in [-0.15, -0.1) is 0 Å². The van der Waals surface area contributed by atoms with E-state index in [1.165, 1.54) is 12.1 Å². The lowest BCUT2D eigenvalue weighted by atomic mass is 10.3. The summed E-state index contributed by atoms with van der Waals surface area (Å²) in [7, 11) is 1.73. The number of ether oxygens (including phenoxy) is 1. The number of rotatable bonds is 5. The summed E-state index contributed by atoms with van der Waals surface area (Å²) < 4.78 is 18.1. The van der Waals surface area contributed by atoms with Crippen molar-refractivity contribution in [1.29, 1.82) is 0 Å². The Hall–Kier alpha value is -2.36. The van der Waals surface area contributed by atoms with E-state index in [1.807, 2.05) is 30.3 Å². The zero-order valence-electron chi connectivity index (χ0n) is 11.3. The van der Waals surface area contributed by atoms with Crippen molar-refractivity contribution in [1.82, 2.24) is 0 Å². The molecule has 0 fully saturated rings. The second-order valence-electron chi connectivity index (χ2n) is 4.34. The molecule has 1 amide bonds. The standard InChI is InChI=1S/C16H16FNO2/c1-18(14-5-3-2-4-6-14)16(19)11-12-20-15-9-7-13(17)8-10-15/h2-10H,11-12H2,1H3. The van der Waals surface area contributed by atoms with Gasteiger partial charge in [0.1, 0.15) is 11.6 Å². The van der Waals surface area contributed by atoms with Crippen molar-refractivity contribution in [2.24, 2.45) is 0 Å². The van der Waals surface area contributed by atoms with Crippen LogP contribution in [0, 0.1) is 5.82 Å². The van der Waals surface area contributed by atoms with Crippen molar-refractivity contribution in [2.45, 2.75) is 6.42 Å². The Morgan fingerprint density at radius 1 is 1.10 bits per heavy atom. The van der Waals surface area contributed by atoms with Crippen molar-refractivity contribution in [3.63, 3.8) is 0 Å². The van der Waals surface area contributed by atoms with E-state index in [2.05, 4.69) is 0 Å². The van der Waals surface area contributed by atoms with Gasteiger partial charge < -0.3 is 9.64 Å². The Kier molecular flexibility index (Phi) is 4.71. The first-order chi connectivity index (χ1) is 9.66. The maximum Gasteiger partial charge on any atom is 0.230 e. The zero-order valence-corrected chi connectivity index (χ0v) is 11.3. The molecule has 0 unspecified atom stereocenters. The molecule has 0 radical (unpaired) electrons. The molecular weight excluding hydrogens is 257 g/mol. The highest BCUT2D eigenvalue weighted by molar-refractivity contribution is 5.92. The van der Waals surface area contributed by atoms with Gasteiger partial charge in [-0.2, -0.15) is 0 Å². The maximum absolute atomic E-state index is 12.7. The number of hydrogen-bond acceptors (Lipinski definition) is 2. The molecule has 0 aromatic heterocycles. The van der Waals surface area contributed by atoms with Crippen LogP contribution in [0.15, 0.2) is 54.6 Å². The van der Waals surface area contributed by atoms with Crippen LogP contribution in [0.2, 0.25) is 0 Å². The molecule has 4 heteroatoms. The van der Waals surface area contributed by atoms with Crippen LogP contribution in [-0.2, 0) is 4.79 Å². The van der Waals surface area contributed by atoms with Gasteiger partial charge in [0.05, 0.1) is 13.0 Å². The van der Waals surface area contributed by atoms with E-state index in [4.69, 9.17) is 4.74 Å². The number of carbonyl (C=O) groups is 1. The van der Waals surface area contributed by atoms with Gasteiger partial charge in [0, 0.05) is 12.7 Å². The molecular formula is C16H16FNO2. The number of benzene rings is 2. The summed E-state index contributed by atoms with van der Waals surface area (Å²) in [5, 5.41) is 0. The van der Waals surface area contributed by atoms with Crippen LogP contribution in [-0.4, -0.2) is 19.6 Å². The van der Waals surface area contributed by atoms with Gasteiger partial charge in [0.2, 0.25) is 5.91 Å². The van der Waals surface area contributed by atoms with Crippen molar-refractivity contribution >= 4 is 11.6 Å². The van der Waals surface area contributed by atoms with E-state index in [9.17, 15) is 9.18 Å². The van der Waals surface area contributed by atoms with Crippen LogP contribution in [0.5, 0.6) is 5.75 Å². The van der Waals surface area contributed by atoms with Gasteiger partial charge >= 0.3 is 0 Å². The van der Waals surface area contributed by atoms with Crippen LogP contribution in [0.1, 0.15) is 6.42 Å². The summed E-state index contributed by atoms with van der Waals surface area (Å²) in [4.78, 5) is 13.6. The fraction of sp³-hybridized carbons (Fsp3) is 0.188. The lowest BCUT2D eigenvalue weighted by Gasteiger charge is -2.17. The number of amides is 1. The van der Waals surface area contributed by atoms with E-state index in [-0.39, 0.29) is 24.8 Å². The third kappa shape index (κ3) is 3.82. The normalized spacial score (nSPS) is 10.1. The summed E-state index contributed by atoms with van der Waals surface area (Å²) in [6, 6.07) is 15.2. The molecule has 0 atom stereocenters. The molecule has 2 aromatic rings. The van der Waals surface area contributed by atoms with Gasteiger partial charge in [0.25, 0.3) is 0 Å². The Bertz CT molecular complexity index is 554. The monoisotopic (exact) mass is 273 g/mol. The molecule has 0 saturated carbocycles. The number of para-hydroxylation sites is 1. The minimum Gasteiger partial charge on any atom is -0.493 e. The second kappa shape index (κ2) is 6.70. The minimum absolute atomic E-state index is 0.0293. The smallest absolute Gasteiger partial charge is 0.230 e. The highest BCUT2D eigenvalue weighted by Crippen LogP contribution is 2.14. The Morgan fingerprint density at radius 3 is 2.40 bits per heavy atom. The van der Waals surface area contributed by atoms with E-state index in [0.29, 0.717) is 5.75 Å². The average Bonchev–Trinajstić information content (AvgIpc) is 2.49. The van der Waals surface area contributed by atoms with Crippen molar-refractivity contribution < 1.29 is 13.9 Å². The van der Waals surface area contributed by atoms with Crippen LogP contribution in [0.3, 0.4) is 0 Å². The summed E-state index contributed by atoms with van der Waals surface area (Å²) in [5.41, 5.74) is 0.847. The number of carbonyl (C=O) groups excluding carboxylic acids is 1. The largest absolute Gasteiger partial charge is 0.493 e. The first-order valence-corrected chi connectivity index (χ1v) is 6.37. The summed E-state index contributed by atoms with van der Waals surface area (Å²) >= 11 is 0. The van der Waals surface area contributed by atoms with Gasteiger partial charge in [-0.3, -0.25) is 4.79 Å². The molecule has 0 saturated heterocycles. The van der Waals surface area contributed by atoms with Gasteiger partial charge in [-0.05, 0) is 36.4 Å². The van der Waals surface area contributed by atoms with E-state index < -0.39 is 0 Å². The summed E-state index contributed by atoms with van der Waals surface area (Å²) in [6.45, 7) is 0.266. The number of anilines is 1. The predicted octanol–water partition coefficient (Wildman–Crippen LogP) is 3.26. The number of hydrogen-bond donors (Lipinski definition) is 0. The molecule has 0 N–H and O–H groups in total. The highest BCUT2D eigenvalue weighted by atomic mass is 19.1. The molecule has 2 rings (SSSR count). The predicted molar refractivity (Wildman–Crippen MR) is 76.4 cm³/mol. The quantitative estimate of drug-likeness (QED) is 0.837. The fourth-order valence-corrected chi connectivity index (χ4v) is 1.75. The maximum atomic E-state index is 12.7. The van der Waals surface area contributed by atoms with Gasteiger partial charge in [-0.25, -0.2) is 4.39 Å². The van der Waals surface area contributed by atoms with Gasteiger partial charge in [0.15, 0.2) is 0 Å². The van der Waals surface area contributed by atoms with Crippen molar-refractivity contribution in [2.75, 3.05) is 18.6 Å². The molecule has 104 valence electrons. The Morgan fingerprint density at radius 2 is 1.75 bits per heavy atom.